The van der Waals surface area contributed by atoms with Gasteiger partial charge in [-0.3, -0.25) is 9.59 Å². The summed E-state index contributed by atoms with van der Waals surface area (Å²) >= 11 is 0. The number of carbonyl (C=O) groups excluding carboxylic acids is 4. The molecule has 1 aromatic carbocycles. The van der Waals surface area contributed by atoms with Gasteiger partial charge in [-0.15, -0.1) is 0 Å². The highest BCUT2D eigenvalue weighted by molar-refractivity contribution is 5.81. The van der Waals surface area contributed by atoms with Crippen molar-refractivity contribution in [2.24, 2.45) is 23.5 Å². The van der Waals surface area contributed by atoms with Crippen LogP contribution in [0.15, 0.2) is 18.2 Å². The molecule has 0 aliphatic carbocycles. The summed E-state index contributed by atoms with van der Waals surface area (Å²) in [6, 6.07) is 4.37. The van der Waals surface area contributed by atoms with Crippen LogP contribution in [0.25, 0.3) is 0 Å². The molecule has 0 amide bonds. The zero-order chi connectivity index (χ0) is 30.5. The summed E-state index contributed by atoms with van der Waals surface area (Å²) in [5.74, 6) is -1.06. The van der Waals surface area contributed by atoms with Crippen LogP contribution in [0.3, 0.4) is 0 Å². The first kappa shape index (κ1) is 34.7. The molecule has 2 N–H and O–H groups in total. The van der Waals surface area contributed by atoms with Crippen LogP contribution in [0.4, 0.5) is 9.59 Å². The van der Waals surface area contributed by atoms with E-state index in [1.807, 2.05) is 27.7 Å². The molecule has 0 spiro atoms. The Labute approximate surface area is 236 Å². The maximum atomic E-state index is 12.7. The first-order valence-corrected chi connectivity index (χ1v) is 13.6. The van der Waals surface area contributed by atoms with Gasteiger partial charge in [0.25, 0.3) is 0 Å². The van der Waals surface area contributed by atoms with E-state index >= 15 is 0 Å². The molecule has 0 radical (unpaired) electrons. The fourth-order valence-corrected chi connectivity index (χ4v) is 3.51. The molecule has 226 valence electrons. The van der Waals surface area contributed by atoms with E-state index in [0.29, 0.717) is 30.2 Å². The number of hydrogen-bond acceptors (Lipinski definition) is 11. The van der Waals surface area contributed by atoms with Crippen LogP contribution < -0.4 is 15.2 Å². The lowest BCUT2D eigenvalue weighted by Crippen LogP contribution is -2.53. The van der Waals surface area contributed by atoms with Crippen LogP contribution >= 0.6 is 0 Å². The van der Waals surface area contributed by atoms with Crippen molar-refractivity contribution >= 4 is 24.2 Å². The summed E-state index contributed by atoms with van der Waals surface area (Å²) in [4.78, 5) is 49.3. The number of hydrogen-bond donors (Lipinski definition) is 1. The molecule has 0 saturated carbocycles. The lowest BCUT2D eigenvalue weighted by Gasteiger charge is -2.29. The minimum atomic E-state index is -1.58. The summed E-state index contributed by atoms with van der Waals surface area (Å²) < 4.78 is 31.2. The van der Waals surface area contributed by atoms with Crippen molar-refractivity contribution in [3.8, 4) is 11.5 Å². The second-order valence-electron chi connectivity index (χ2n) is 11.0. The lowest BCUT2D eigenvalue weighted by atomic mass is 9.86. The molecule has 2 atom stereocenters. The van der Waals surface area contributed by atoms with Crippen LogP contribution in [0.5, 0.6) is 11.5 Å². The third kappa shape index (κ3) is 12.7. The van der Waals surface area contributed by atoms with Gasteiger partial charge in [-0.25, -0.2) is 9.59 Å². The van der Waals surface area contributed by atoms with Gasteiger partial charge in [-0.1, -0.05) is 47.6 Å². The van der Waals surface area contributed by atoms with Gasteiger partial charge in [0.15, 0.2) is 11.5 Å². The van der Waals surface area contributed by atoms with Crippen LogP contribution in [0.2, 0.25) is 0 Å². The molecule has 0 saturated heterocycles. The van der Waals surface area contributed by atoms with E-state index in [1.54, 1.807) is 26.8 Å². The Kier molecular flexibility index (Phi) is 14.5. The van der Waals surface area contributed by atoms with Gasteiger partial charge in [0.05, 0.1) is 26.2 Å². The van der Waals surface area contributed by atoms with E-state index in [2.05, 4.69) is 0 Å². The van der Waals surface area contributed by atoms with Crippen molar-refractivity contribution in [3.63, 3.8) is 0 Å². The van der Waals surface area contributed by atoms with Gasteiger partial charge in [-0.2, -0.15) is 0 Å². The van der Waals surface area contributed by atoms with Crippen LogP contribution in [-0.2, 0) is 35.0 Å². The van der Waals surface area contributed by atoms with Gasteiger partial charge in [0.2, 0.25) is 0 Å². The van der Waals surface area contributed by atoms with Gasteiger partial charge in [0, 0.05) is 12.8 Å². The molecular weight excluding hydrogens is 522 g/mol. The van der Waals surface area contributed by atoms with Gasteiger partial charge >= 0.3 is 24.2 Å². The summed E-state index contributed by atoms with van der Waals surface area (Å²) in [6.45, 7) is 13.3. The Bertz CT molecular complexity index is 991. The number of nitrogens with two attached hydrogens (primary N) is 1. The Morgan fingerprint density at radius 1 is 0.825 bits per heavy atom. The Morgan fingerprint density at radius 2 is 1.35 bits per heavy atom. The molecule has 11 heteroatoms. The SMILES string of the molecule is COC(=O)C(N)(Cc1ccc(OC(=O)OCCC(C)C)c(OC(=O)OCCC(C)C)c1)C[C@H](C)OC(=O)C(C)C. The maximum absolute atomic E-state index is 12.7. The van der Waals surface area contributed by atoms with Gasteiger partial charge < -0.3 is 34.2 Å². The second-order valence-corrected chi connectivity index (χ2v) is 11.0. The molecule has 0 heterocycles. The molecule has 0 aromatic heterocycles. The highest BCUT2D eigenvalue weighted by Gasteiger charge is 2.38. The maximum Gasteiger partial charge on any atom is 0.513 e. The monoisotopic (exact) mass is 567 g/mol. The molecule has 0 aliphatic rings. The molecule has 1 unspecified atom stereocenters. The van der Waals surface area contributed by atoms with E-state index in [-0.39, 0.29) is 43.5 Å². The highest BCUT2D eigenvalue weighted by Crippen LogP contribution is 2.32. The molecular formula is C29H45NO10. The van der Waals surface area contributed by atoms with Crippen LogP contribution in [-0.4, -0.2) is 56.2 Å². The molecule has 1 aromatic rings. The Morgan fingerprint density at radius 3 is 1.82 bits per heavy atom. The zero-order valence-electron chi connectivity index (χ0n) is 24.9. The van der Waals surface area contributed by atoms with E-state index in [0.717, 1.165) is 0 Å². The number of esters is 2. The standard InChI is InChI=1S/C29H45NO10/c1-18(2)11-13-36-27(33)39-23-10-9-22(15-24(23)40-28(34)37-14-12-19(3)4)17-29(30,26(32)35-8)16-21(7)38-25(31)20(5)6/h9-10,15,18-21H,11-14,16-17,30H2,1-8H3/t21-,29?/m0/s1. The molecule has 0 fully saturated rings. The number of ether oxygens (including phenoxy) is 6. The molecule has 0 bridgehead atoms. The minimum absolute atomic E-state index is 0.0357. The van der Waals surface area contributed by atoms with Crippen molar-refractivity contribution in [2.45, 2.75) is 85.8 Å². The molecule has 0 aliphatic heterocycles. The van der Waals surface area contributed by atoms with Crippen molar-refractivity contribution in [2.75, 3.05) is 20.3 Å². The predicted molar refractivity (Wildman–Crippen MR) is 147 cm³/mol. The first-order chi connectivity index (χ1) is 18.7. The fraction of sp³-hybridized carbons (Fsp3) is 0.655. The Balaban J connectivity index is 3.20. The van der Waals surface area contributed by atoms with E-state index in [9.17, 15) is 19.2 Å². The van der Waals surface area contributed by atoms with Crippen molar-refractivity contribution in [1.82, 2.24) is 0 Å². The summed E-state index contributed by atoms with van der Waals surface area (Å²) in [5, 5.41) is 0. The van der Waals surface area contributed by atoms with Crippen LogP contribution in [0, 0.1) is 17.8 Å². The Hall–Kier alpha value is -3.34. The minimum Gasteiger partial charge on any atom is -0.468 e. The lowest BCUT2D eigenvalue weighted by molar-refractivity contribution is -0.157. The summed E-state index contributed by atoms with van der Waals surface area (Å²) in [7, 11) is 1.21. The van der Waals surface area contributed by atoms with Gasteiger partial charge in [-0.05, 0) is 49.3 Å². The average molecular weight is 568 g/mol. The molecule has 40 heavy (non-hydrogen) atoms. The zero-order valence-corrected chi connectivity index (χ0v) is 24.9. The first-order valence-electron chi connectivity index (χ1n) is 13.6. The van der Waals surface area contributed by atoms with Gasteiger partial charge in [0.1, 0.15) is 11.6 Å². The largest absolute Gasteiger partial charge is 0.513 e. The smallest absolute Gasteiger partial charge is 0.468 e. The number of carbonyl (C=O) groups is 4. The van der Waals surface area contributed by atoms with Crippen molar-refractivity contribution in [1.29, 1.82) is 0 Å². The third-order valence-electron chi connectivity index (χ3n) is 5.78. The molecule has 1 rings (SSSR count). The van der Waals surface area contributed by atoms with E-state index in [1.165, 1.54) is 19.2 Å². The average Bonchev–Trinajstić information content (AvgIpc) is 2.84. The van der Waals surface area contributed by atoms with Crippen molar-refractivity contribution < 1.29 is 47.6 Å². The fourth-order valence-electron chi connectivity index (χ4n) is 3.51. The molecule has 11 nitrogen and oxygen atoms in total. The summed E-state index contributed by atoms with van der Waals surface area (Å²) in [6.07, 6.45) is -1.46. The second kappa shape index (κ2) is 16.7. The number of rotatable bonds is 15. The topological polar surface area (TPSA) is 150 Å². The van der Waals surface area contributed by atoms with E-state index in [4.69, 9.17) is 34.2 Å². The number of benzene rings is 1. The quantitative estimate of drug-likeness (QED) is 0.169. The van der Waals surface area contributed by atoms with Crippen molar-refractivity contribution in [3.05, 3.63) is 23.8 Å². The third-order valence-corrected chi connectivity index (χ3v) is 5.78. The van der Waals surface area contributed by atoms with Crippen LogP contribution in [0.1, 0.15) is 73.3 Å². The highest BCUT2D eigenvalue weighted by atomic mass is 16.7. The summed E-state index contributed by atoms with van der Waals surface area (Å²) in [5.41, 5.74) is 5.35. The predicted octanol–water partition coefficient (Wildman–Crippen LogP) is 5.20. The number of methoxy groups -OCH3 is 1. The normalized spacial score (nSPS) is 13.4. The van der Waals surface area contributed by atoms with E-state index < -0.39 is 35.9 Å².